The Balaban J connectivity index is 2.22. The largest absolute Gasteiger partial charge is 0.347 e. The van der Waals surface area contributed by atoms with E-state index in [1.54, 1.807) is 11.3 Å². The summed E-state index contributed by atoms with van der Waals surface area (Å²) in [6.07, 6.45) is 1.02. The summed E-state index contributed by atoms with van der Waals surface area (Å²) in [7, 11) is 0. The lowest BCUT2D eigenvalue weighted by atomic mass is 10.1. The Morgan fingerprint density at radius 3 is 2.68 bits per heavy atom. The Morgan fingerprint density at radius 1 is 1.32 bits per heavy atom. The first-order chi connectivity index (χ1) is 9.10. The zero-order valence-corrected chi connectivity index (χ0v) is 12.8. The summed E-state index contributed by atoms with van der Waals surface area (Å²) < 4.78 is 0. The van der Waals surface area contributed by atoms with Crippen LogP contribution >= 0.6 is 11.3 Å². The van der Waals surface area contributed by atoms with Gasteiger partial charge in [-0.3, -0.25) is 0 Å². The van der Waals surface area contributed by atoms with Crippen molar-refractivity contribution in [3.8, 4) is 0 Å². The molecule has 2 heterocycles. The maximum atomic E-state index is 4.61. The van der Waals surface area contributed by atoms with Crippen molar-refractivity contribution >= 4 is 17.3 Å². The summed E-state index contributed by atoms with van der Waals surface area (Å²) in [6, 6.07) is 6.59. The fourth-order valence-electron chi connectivity index (χ4n) is 1.97. The number of hydrogen-bond acceptors (Lipinski definition) is 4. The van der Waals surface area contributed by atoms with Gasteiger partial charge in [0.1, 0.15) is 0 Å². The predicted molar refractivity (Wildman–Crippen MR) is 81.8 cm³/mol. The fourth-order valence-corrected chi connectivity index (χ4v) is 2.83. The van der Waals surface area contributed by atoms with Gasteiger partial charge in [0, 0.05) is 16.3 Å². The van der Waals surface area contributed by atoms with Gasteiger partial charge in [0.2, 0.25) is 5.95 Å². The van der Waals surface area contributed by atoms with E-state index < -0.39 is 0 Å². The molecule has 0 radical (unpaired) electrons. The molecule has 1 atom stereocenters. The van der Waals surface area contributed by atoms with Gasteiger partial charge in [-0.2, -0.15) is 0 Å². The van der Waals surface area contributed by atoms with Crippen LogP contribution in [0.15, 0.2) is 23.6 Å². The standard InChI is InChI=1S/C15H21N3S/c1-5-12(14-7-6-8-19-14)17-15-16-11(4)9-13(18-15)10(2)3/h6-10,12H,5H2,1-4H3,(H,16,17,18). The molecule has 102 valence electrons. The second-order valence-electron chi connectivity index (χ2n) is 5.03. The highest BCUT2D eigenvalue weighted by molar-refractivity contribution is 7.10. The summed E-state index contributed by atoms with van der Waals surface area (Å²) in [5, 5.41) is 5.56. The average Bonchev–Trinajstić information content (AvgIpc) is 2.89. The van der Waals surface area contributed by atoms with Gasteiger partial charge in [-0.15, -0.1) is 11.3 Å². The quantitative estimate of drug-likeness (QED) is 0.871. The Kier molecular flexibility index (Phi) is 4.53. The van der Waals surface area contributed by atoms with Gasteiger partial charge in [-0.25, -0.2) is 9.97 Å². The van der Waals surface area contributed by atoms with Crippen molar-refractivity contribution in [2.45, 2.75) is 46.1 Å². The molecule has 3 nitrogen and oxygen atoms in total. The minimum Gasteiger partial charge on any atom is -0.347 e. The molecule has 0 aromatic carbocycles. The highest BCUT2D eigenvalue weighted by atomic mass is 32.1. The van der Waals surface area contributed by atoms with Gasteiger partial charge in [0.05, 0.1) is 6.04 Å². The van der Waals surface area contributed by atoms with Crippen LogP contribution in [0.3, 0.4) is 0 Å². The van der Waals surface area contributed by atoms with E-state index in [2.05, 4.69) is 59.6 Å². The molecule has 4 heteroatoms. The van der Waals surface area contributed by atoms with Gasteiger partial charge in [0.25, 0.3) is 0 Å². The molecular formula is C15H21N3S. The molecule has 0 aliphatic rings. The van der Waals surface area contributed by atoms with E-state index >= 15 is 0 Å². The van der Waals surface area contributed by atoms with Gasteiger partial charge >= 0.3 is 0 Å². The molecule has 0 bridgehead atoms. The third kappa shape index (κ3) is 3.53. The Hall–Kier alpha value is -1.42. The van der Waals surface area contributed by atoms with Crippen LogP contribution in [0.5, 0.6) is 0 Å². The van der Waals surface area contributed by atoms with Crippen molar-refractivity contribution in [2.24, 2.45) is 0 Å². The lowest BCUT2D eigenvalue weighted by Crippen LogP contribution is -2.12. The van der Waals surface area contributed by atoms with Crippen LogP contribution < -0.4 is 5.32 Å². The highest BCUT2D eigenvalue weighted by Gasteiger charge is 2.13. The third-order valence-corrected chi connectivity index (χ3v) is 4.05. The summed E-state index contributed by atoms with van der Waals surface area (Å²) in [6.45, 7) is 8.51. The molecule has 0 amide bonds. The Labute approximate surface area is 119 Å². The number of anilines is 1. The maximum Gasteiger partial charge on any atom is 0.223 e. The zero-order valence-electron chi connectivity index (χ0n) is 12.0. The number of nitrogens with one attached hydrogen (secondary N) is 1. The molecule has 0 saturated heterocycles. The van der Waals surface area contributed by atoms with Crippen LogP contribution in [0.4, 0.5) is 5.95 Å². The SMILES string of the molecule is CCC(Nc1nc(C)cc(C(C)C)n1)c1cccs1. The number of aryl methyl sites for hydroxylation is 1. The molecule has 2 aromatic heterocycles. The summed E-state index contributed by atoms with van der Waals surface area (Å²) in [4.78, 5) is 10.4. The van der Waals surface area contributed by atoms with Crippen LogP contribution in [-0.4, -0.2) is 9.97 Å². The summed E-state index contributed by atoms with van der Waals surface area (Å²) in [5.74, 6) is 1.16. The molecule has 0 aliphatic carbocycles. The van der Waals surface area contributed by atoms with E-state index in [1.807, 2.05) is 6.92 Å². The fraction of sp³-hybridized carbons (Fsp3) is 0.467. The van der Waals surface area contributed by atoms with Crippen molar-refractivity contribution in [1.29, 1.82) is 0 Å². The highest BCUT2D eigenvalue weighted by Crippen LogP contribution is 2.25. The maximum absolute atomic E-state index is 4.61. The van der Waals surface area contributed by atoms with Crippen LogP contribution in [0.25, 0.3) is 0 Å². The number of hydrogen-bond donors (Lipinski definition) is 1. The van der Waals surface area contributed by atoms with Gasteiger partial charge in [0.15, 0.2) is 0 Å². The molecule has 2 aromatic rings. The second kappa shape index (κ2) is 6.15. The Morgan fingerprint density at radius 2 is 2.11 bits per heavy atom. The first-order valence-corrected chi connectivity index (χ1v) is 7.63. The summed E-state index contributed by atoms with van der Waals surface area (Å²) >= 11 is 1.77. The zero-order chi connectivity index (χ0) is 13.8. The third-order valence-electron chi connectivity index (χ3n) is 3.06. The minimum absolute atomic E-state index is 0.293. The second-order valence-corrected chi connectivity index (χ2v) is 6.01. The van der Waals surface area contributed by atoms with E-state index in [0.29, 0.717) is 12.0 Å². The van der Waals surface area contributed by atoms with Crippen LogP contribution in [-0.2, 0) is 0 Å². The Bertz CT molecular complexity index is 520. The van der Waals surface area contributed by atoms with Crippen LogP contribution in [0, 0.1) is 6.92 Å². The van der Waals surface area contributed by atoms with Crippen molar-refractivity contribution in [1.82, 2.24) is 9.97 Å². The minimum atomic E-state index is 0.293. The molecule has 0 aliphatic heterocycles. The topological polar surface area (TPSA) is 37.8 Å². The van der Waals surface area contributed by atoms with E-state index in [4.69, 9.17) is 0 Å². The monoisotopic (exact) mass is 275 g/mol. The number of thiophene rings is 1. The number of nitrogens with zero attached hydrogens (tertiary/aromatic N) is 2. The van der Waals surface area contributed by atoms with Gasteiger partial charge in [-0.05, 0) is 36.8 Å². The van der Waals surface area contributed by atoms with Crippen LogP contribution in [0.1, 0.15) is 55.4 Å². The van der Waals surface area contributed by atoms with E-state index in [1.165, 1.54) is 4.88 Å². The van der Waals surface area contributed by atoms with Gasteiger partial charge < -0.3 is 5.32 Å². The average molecular weight is 275 g/mol. The smallest absolute Gasteiger partial charge is 0.223 e. The van der Waals surface area contributed by atoms with Crippen molar-refractivity contribution in [3.05, 3.63) is 39.8 Å². The molecule has 0 fully saturated rings. The van der Waals surface area contributed by atoms with Crippen LogP contribution in [0.2, 0.25) is 0 Å². The molecule has 2 rings (SSSR count). The molecule has 0 saturated carbocycles. The molecule has 19 heavy (non-hydrogen) atoms. The van der Waals surface area contributed by atoms with E-state index in [-0.39, 0.29) is 0 Å². The number of rotatable bonds is 5. The normalized spacial score (nSPS) is 12.7. The molecule has 0 spiro atoms. The summed E-state index contributed by atoms with van der Waals surface area (Å²) in [5.41, 5.74) is 2.11. The number of aromatic nitrogens is 2. The van der Waals surface area contributed by atoms with Crippen molar-refractivity contribution in [2.75, 3.05) is 5.32 Å². The van der Waals surface area contributed by atoms with Crippen molar-refractivity contribution in [3.63, 3.8) is 0 Å². The lowest BCUT2D eigenvalue weighted by molar-refractivity contribution is 0.740. The first kappa shape index (κ1) is 14.0. The van der Waals surface area contributed by atoms with Gasteiger partial charge in [-0.1, -0.05) is 26.8 Å². The first-order valence-electron chi connectivity index (χ1n) is 6.75. The predicted octanol–water partition coefficient (Wildman–Crippen LogP) is 4.53. The van der Waals surface area contributed by atoms with E-state index in [9.17, 15) is 0 Å². The lowest BCUT2D eigenvalue weighted by Gasteiger charge is -2.17. The van der Waals surface area contributed by atoms with E-state index in [0.717, 1.165) is 23.8 Å². The molecular weight excluding hydrogens is 254 g/mol. The molecule has 1 N–H and O–H groups in total. The molecule has 1 unspecified atom stereocenters. The van der Waals surface area contributed by atoms with Crippen molar-refractivity contribution < 1.29 is 0 Å².